The zero-order chi connectivity index (χ0) is 31.0. The highest BCUT2D eigenvalue weighted by atomic mass is 16.4. The molecule has 2 aliphatic heterocycles. The predicted molar refractivity (Wildman–Crippen MR) is 166 cm³/mol. The quantitative estimate of drug-likeness (QED) is 0.410. The molecule has 2 amide bonds. The summed E-state index contributed by atoms with van der Waals surface area (Å²) in [4.78, 5) is 54.0. The first-order valence-corrected chi connectivity index (χ1v) is 15.2. The molecule has 0 bridgehead atoms. The van der Waals surface area contributed by atoms with Crippen molar-refractivity contribution in [1.29, 1.82) is 0 Å². The Labute approximate surface area is 254 Å². The number of hydrogen-bond acceptors (Lipinski definition) is 4. The molecular weight excluding hydrogens is 540 g/mol. The van der Waals surface area contributed by atoms with Crippen molar-refractivity contribution in [3.05, 3.63) is 89.0 Å². The van der Waals surface area contributed by atoms with Gasteiger partial charge in [-0.15, -0.1) is 0 Å². The summed E-state index contributed by atoms with van der Waals surface area (Å²) in [6.45, 7) is 10.3. The van der Waals surface area contributed by atoms with Crippen molar-refractivity contribution in [2.24, 2.45) is 10.8 Å². The Morgan fingerprint density at radius 1 is 0.837 bits per heavy atom. The second-order valence-electron chi connectivity index (χ2n) is 13.2. The Balaban J connectivity index is 1.39. The van der Waals surface area contributed by atoms with Crippen LogP contribution in [0.25, 0.3) is 5.57 Å². The fourth-order valence-corrected chi connectivity index (χ4v) is 7.62. The minimum Gasteiger partial charge on any atom is -0.478 e. The summed E-state index contributed by atoms with van der Waals surface area (Å²) in [5.41, 5.74) is 3.54. The van der Waals surface area contributed by atoms with Crippen molar-refractivity contribution in [3.8, 4) is 0 Å². The third-order valence-electron chi connectivity index (χ3n) is 9.94. The Morgan fingerprint density at radius 3 is 2.09 bits per heavy atom. The Kier molecular flexibility index (Phi) is 8.21. The largest absolute Gasteiger partial charge is 0.478 e. The van der Waals surface area contributed by atoms with Crippen LogP contribution >= 0.6 is 0 Å². The first kappa shape index (κ1) is 30.5. The van der Waals surface area contributed by atoms with Crippen LogP contribution in [-0.4, -0.2) is 64.7 Å². The smallest absolute Gasteiger partial charge is 0.335 e. The molecule has 1 saturated heterocycles. The molecule has 43 heavy (non-hydrogen) atoms. The molecule has 7 nitrogen and oxygen atoms in total. The molecule has 0 saturated carbocycles. The van der Waals surface area contributed by atoms with E-state index in [1.807, 2.05) is 52.3 Å². The van der Waals surface area contributed by atoms with Crippen LogP contribution in [0.4, 0.5) is 0 Å². The zero-order valence-corrected chi connectivity index (χ0v) is 25.7. The molecule has 7 heteroatoms. The van der Waals surface area contributed by atoms with Crippen LogP contribution in [-0.2, 0) is 19.8 Å². The van der Waals surface area contributed by atoms with Crippen LogP contribution in [0.15, 0.2) is 72.3 Å². The van der Waals surface area contributed by atoms with Crippen LogP contribution in [0.5, 0.6) is 0 Å². The molecule has 1 N–H and O–H groups in total. The van der Waals surface area contributed by atoms with Gasteiger partial charge in [-0.2, -0.15) is 0 Å². The molecule has 3 aliphatic rings. The minimum absolute atomic E-state index is 0.00846. The van der Waals surface area contributed by atoms with Crippen molar-refractivity contribution in [3.63, 3.8) is 0 Å². The van der Waals surface area contributed by atoms with E-state index in [0.29, 0.717) is 39.0 Å². The van der Waals surface area contributed by atoms with Gasteiger partial charge in [0.2, 0.25) is 11.8 Å². The topological polar surface area (TPSA) is 95.0 Å². The van der Waals surface area contributed by atoms with Gasteiger partial charge in [-0.25, -0.2) is 4.79 Å². The van der Waals surface area contributed by atoms with Gasteiger partial charge in [0.1, 0.15) is 5.78 Å². The van der Waals surface area contributed by atoms with E-state index in [1.54, 1.807) is 12.1 Å². The molecule has 1 fully saturated rings. The number of carbonyl (C=O) groups excluding carboxylic acids is 3. The molecule has 226 valence electrons. The van der Waals surface area contributed by atoms with Crippen LogP contribution in [0, 0.1) is 10.8 Å². The number of carboxylic acids is 1. The Bertz CT molecular complexity index is 1480. The van der Waals surface area contributed by atoms with Crippen LogP contribution < -0.4 is 0 Å². The summed E-state index contributed by atoms with van der Waals surface area (Å²) >= 11 is 0. The molecular formula is C36H42N2O5. The number of fused-ring (bicyclic) bond motifs is 1. The predicted octanol–water partition coefficient (Wildman–Crippen LogP) is 5.90. The fraction of sp³-hybridized carbons (Fsp3) is 0.444. The van der Waals surface area contributed by atoms with E-state index in [1.165, 1.54) is 18.1 Å². The van der Waals surface area contributed by atoms with Crippen molar-refractivity contribution >= 4 is 29.1 Å². The van der Waals surface area contributed by atoms with Gasteiger partial charge in [0.15, 0.2) is 0 Å². The third kappa shape index (κ3) is 5.69. The number of carbonyl (C=O) groups is 4. The Hall–Kier alpha value is -4.00. The van der Waals surface area contributed by atoms with Crippen molar-refractivity contribution < 1.29 is 24.3 Å². The molecule has 2 heterocycles. The van der Waals surface area contributed by atoms with Gasteiger partial charge in [0.25, 0.3) is 0 Å². The number of carboxylic acid groups (broad SMARTS) is 1. The summed E-state index contributed by atoms with van der Waals surface area (Å²) in [6.07, 6.45) is 6.84. The van der Waals surface area contributed by atoms with Gasteiger partial charge >= 0.3 is 5.97 Å². The zero-order valence-electron chi connectivity index (χ0n) is 25.7. The molecule has 0 spiro atoms. The molecule has 0 radical (unpaired) electrons. The SMILES string of the molecule is CC(=O)CCC(=O)N1CCC(C(=O)N2CC=C3C(C)(C)C(c4ccc(C(=O)O)cc4)=CC[C@]3(C)C2)(c2ccccc2)CC1. The lowest BCUT2D eigenvalue weighted by Gasteiger charge is -2.52. The van der Waals surface area contributed by atoms with E-state index < -0.39 is 11.4 Å². The maximum Gasteiger partial charge on any atom is 0.335 e. The number of rotatable bonds is 7. The van der Waals surface area contributed by atoms with E-state index in [0.717, 1.165) is 17.5 Å². The summed E-state index contributed by atoms with van der Waals surface area (Å²) in [7, 11) is 0. The summed E-state index contributed by atoms with van der Waals surface area (Å²) < 4.78 is 0. The first-order valence-electron chi connectivity index (χ1n) is 15.2. The average Bonchev–Trinajstić information content (AvgIpc) is 2.99. The first-order chi connectivity index (χ1) is 20.4. The molecule has 1 atom stereocenters. The number of hydrogen-bond donors (Lipinski definition) is 1. The number of allylic oxidation sites excluding steroid dienone is 2. The molecule has 0 unspecified atom stereocenters. The van der Waals surface area contributed by atoms with Crippen molar-refractivity contribution in [2.75, 3.05) is 26.2 Å². The van der Waals surface area contributed by atoms with E-state index in [9.17, 15) is 24.3 Å². The van der Waals surface area contributed by atoms with E-state index in [-0.39, 0.29) is 46.8 Å². The lowest BCUT2D eigenvalue weighted by molar-refractivity contribution is -0.144. The lowest BCUT2D eigenvalue weighted by Crippen LogP contribution is -2.57. The van der Waals surface area contributed by atoms with Gasteiger partial charge in [-0.05, 0) is 55.0 Å². The number of aromatic carboxylic acids is 1. The maximum atomic E-state index is 14.6. The van der Waals surface area contributed by atoms with Crippen LogP contribution in [0.1, 0.15) is 81.3 Å². The highest BCUT2D eigenvalue weighted by Gasteiger charge is 2.50. The standard InChI is InChI=1S/C36H42N2O5/c1-25(39)10-15-31(40)37-22-19-36(20-23-37,28-8-6-5-7-9-28)33(43)38-21-17-30-34(2,3)29(16-18-35(30,4)24-38)26-11-13-27(14-12-26)32(41)42/h5-9,11-14,16-17H,10,15,18-24H2,1-4H3,(H,41,42)/t35-/m1/s1. The van der Waals surface area contributed by atoms with E-state index in [4.69, 9.17) is 0 Å². The second-order valence-corrected chi connectivity index (χ2v) is 13.2. The van der Waals surface area contributed by atoms with Gasteiger partial charge < -0.3 is 19.7 Å². The van der Waals surface area contributed by atoms with Gasteiger partial charge in [0.05, 0.1) is 11.0 Å². The number of ketones is 1. The lowest BCUT2D eigenvalue weighted by atomic mass is 9.58. The van der Waals surface area contributed by atoms with E-state index in [2.05, 4.69) is 32.9 Å². The summed E-state index contributed by atoms with van der Waals surface area (Å²) in [5, 5.41) is 9.32. The molecule has 5 rings (SSSR count). The number of Topliss-reactive ketones (excluding diaryl/α,β-unsaturated/α-hetero) is 1. The fourth-order valence-electron chi connectivity index (χ4n) is 7.62. The van der Waals surface area contributed by atoms with Crippen molar-refractivity contribution in [1.82, 2.24) is 9.80 Å². The number of piperidine rings is 1. The number of likely N-dealkylation sites (tertiary alicyclic amines) is 1. The van der Waals surface area contributed by atoms with Crippen LogP contribution in [0.2, 0.25) is 0 Å². The normalized spacial score (nSPS) is 22.6. The highest BCUT2D eigenvalue weighted by Crippen LogP contribution is 2.55. The number of amides is 2. The maximum absolute atomic E-state index is 14.6. The highest BCUT2D eigenvalue weighted by molar-refractivity contribution is 5.90. The molecule has 1 aliphatic carbocycles. The third-order valence-corrected chi connectivity index (χ3v) is 9.94. The minimum atomic E-state index is -0.936. The molecule has 2 aromatic rings. The molecule has 2 aromatic carbocycles. The van der Waals surface area contributed by atoms with Gasteiger partial charge in [-0.3, -0.25) is 9.59 Å². The van der Waals surface area contributed by atoms with Gasteiger partial charge in [0, 0.05) is 49.9 Å². The average molecular weight is 583 g/mol. The van der Waals surface area contributed by atoms with Crippen LogP contribution in [0.3, 0.4) is 0 Å². The number of nitrogens with zero attached hydrogens (tertiary/aromatic N) is 2. The summed E-state index contributed by atoms with van der Waals surface area (Å²) in [6, 6.07) is 17.1. The second kappa shape index (κ2) is 11.6. The van der Waals surface area contributed by atoms with Crippen molar-refractivity contribution in [2.45, 2.75) is 65.2 Å². The summed E-state index contributed by atoms with van der Waals surface area (Å²) in [5.74, 6) is -0.835. The van der Waals surface area contributed by atoms with Gasteiger partial charge in [-0.1, -0.05) is 81.0 Å². The molecule has 0 aromatic heterocycles. The monoisotopic (exact) mass is 582 g/mol. The number of benzene rings is 2. The van der Waals surface area contributed by atoms with E-state index >= 15 is 0 Å². The Morgan fingerprint density at radius 2 is 1.49 bits per heavy atom.